The van der Waals surface area contributed by atoms with Crippen molar-refractivity contribution in [3.63, 3.8) is 0 Å². The van der Waals surface area contributed by atoms with E-state index in [1.54, 1.807) is 0 Å². The topological polar surface area (TPSA) is 15.3 Å². The van der Waals surface area contributed by atoms with Crippen LogP contribution < -0.4 is 3.53 Å². The number of hydrogen-bond acceptors (Lipinski definition) is 2. The predicted octanol–water partition coefficient (Wildman–Crippen LogP) is 2.37. The van der Waals surface area contributed by atoms with Crippen LogP contribution in [0, 0.1) is 0 Å². The summed E-state index contributed by atoms with van der Waals surface area (Å²) >= 11 is 4.52. The van der Waals surface area contributed by atoms with Crippen molar-refractivity contribution in [1.82, 2.24) is 6.64 Å². The maximum Gasteiger partial charge on any atom is 0.0201 e. The quantitative estimate of drug-likeness (QED) is 0.606. The van der Waals surface area contributed by atoms with Crippen LogP contribution in [0.2, 0.25) is 0 Å². The molecule has 0 spiro atoms. The van der Waals surface area contributed by atoms with Gasteiger partial charge in [-0.2, -0.15) is 0 Å². The summed E-state index contributed by atoms with van der Waals surface area (Å²) in [4.78, 5) is 0. The van der Waals surface area contributed by atoms with E-state index in [0.717, 1.165) is 0 Å². The first-order valence-electron chi connectivity index (χ1n) is 3.32. The van der Waals surface area contributed by atoms with Crippen LogP contribution in [0.25, 0.3) is 0 Å². The molecule has 4 heteroatoms. The second-order valence-electron chi connectivity index (χ2n) is 2.62. The Labute approximate surface area is 91.1 Å². The molecule has 0 aromatic rings. The van der Waals surface area contributed by atoms with Crippen molar-refractivity contribution in [3.05, 3.63) is 0 Å². The van der Waals surface area contributed by atoms with Gasteiger partial charge in [0.1, 0.15) is 0 Å². The lowest BCUT2D eigenvalue weighted by molar-refractivity contribution is 0.409. The van der Waals surface area contributed by atoms with Crippen LogP contribution >= 0.6 is 45.7 Å². The number of hydrogen-bond donors (Lipinski definition) is 1. The Hall–Kier alpha value is 1.38. The van der Waals surface area contributed by atoms with Crippen LogP contribution in [0.5, 0.6) is 0 Å². The zero-order chi connectivity index (χ0) is 8.15. The molecule has 0 aliphatic rings. The minimum atomic E-state index is 0.604. The molecule has 0 rings (SSSR count). The average Bonchev–Trinajstić information content (AvgIpc) is 1.87. The molecule has 0 aromatic heterocycles. The van der Waals surface area contributed by atoms with Gasteiger partial charge in [0.25, 0.3) is 0 Å². The second-order valence-corrected chi connectivity index (χ2v) is 4.76. The molecule has 0 aliphatic carbocycles. The third-order valence-electron chi connectivity index (χ3n) is 1.49. The summed E-state index contributed by atoms with van der Waals surface area (Å²) in [6.45, 7) is 4.43. The van der Waals surface area contributed by atoms with E-state index in [-0.39, 0.29) is 0 Å². The SMILES string of the molecule is CC(CC(C)N(C)I)NI. The maximum atomic E-state index is 3.19. The summed E-state index contributed by atoms with van der Waals surface area (Å²) in [6.07, 6.45) is 1.20. The highest BCUT2D eigenvalue weighted by molar-refractivity contribution is 14.1. The van der Waals surface area contributed by atoms with E-state index in [4.69, 9.17) is 0 Å². The molecule has 2 unspecified atom stereocenters. The molecule has 10 heavy (non-hydrogen) atoms. The normalized spacial score (nSPS) is 17.4. The van der Waals surface area contributed by atoms with Crippen LogP contribution in [0.15, 0.2) is 0 Å². The van der Waals surface area contributed by atoms with Crippen molar-refractivity contribution < 1.29 is 0 Å². The Kier molecular flexibility index (Phi) is 6.78. The first-order chi connectivity index (χ1) is 4.57. The molecular formula is C6H14I2N2. The van der Waals surface area contributed by atoms with Gasteiger partial charge in [0.2, 0.25) is 0 Å². The van der Waals surface area contributed by atoms with Gasteiger partial charge in [-0.1, -0.05) is 0 Å². The van der Waals surface area contributed by atoms with E-state index in [9.17, 15) is 0 Å². The Morgan fingerprint density at radius 1 is 1.50 bits per heavy atom. The van der Waals surface area contributed by atoms with E-state index in [1.165, 1.54) is 6.42 Å². The van der Waals surface area contributed by atoms with Gasteiger partial charge < -0.3 is 0 Å². The molecule has 0 fully saturated rings. The highest BCUT2D eigenvalue weighted by Gasteiger charge is 2.09. The number of nitrogens with zero attached hydrogens (tertiary/aromatic N) is 1. The van der Waals surface area contributed by atoms with Gasteiger partial charge in [-0.3, -0.25) is 3.53 Å². The summed E-state index contributed by atoms with van der Waals surface area (Å²) in [5.74, 6) is 0. The van der Waals surface area contributed by atoms with Crippen molar-refractivity contribution in [3.8, 4) is 0 Å². The summed E-state index contributed by atoms with van der Waals surface area (Å²) in [5, 5.41) is 0. The van der Waals surface area contributed by atoms with Gasteiger partial charge in [-0.25, -0.2) is 3.11 Å². The van der Waals surface area contributed by atoms with Crippen molar-refractivity contribution >= 4 is 45.7 Å². The zero-order valence-corrected chi connectivity index (χ0v) is 10.9. The van der Waals surface area contributed by atoms with E-state index >= 15 is 0 Å². The molecule has 2 atom stereocenters. The molecule has 0 radical (unpaired) electrons. The van der Waals surface area contributed by atoms with Gasteiger partial charge in [0.15, 0.2) is 0 Å². The lowest BCUT2D eigenvalue weighted by Crippen LogP contribution is -2.28. The summed E-state index contributed by atoms with van der Waals surface area (Å²) < 4.78 is 5.40. The Morgan fingerprint density at radius 2 is 2.00 bits per heavy atom. The van der Waals surface area contributed by atoms with E-state index in [0.29, 0.717) is 12.1 Å². The van der Waals surface area contributed by atoms with Crippen molar-refractivity contribution in [1.29, 1.82) is 0 Å². The second kappa shape index (κ2) is 5.96. The van der Waals surface area contributed by atoms with E-state index < -0.39 is 0 Å². The van der Waals surface area contributed by atoms with Crippen LogP contribution in [0.4, 0.5) is 0 Å². The van der Waals surface area contributed by atoms with Crippen molar-refractivity contribution in [2.45, 2.75) is 32.4 Å². The Morgan fingerprint density at radius 3 is 2.30 bits per heavy atom. The molecule has 0 bridgehead atoms. The lowest BCUT2D eigenvalue weighted by atomic mass is 10.1. The van der Waals surface area contributed by atoms with Gasteiger partial charge in [0, 0.05) is 57.8 Å². The standard InChI is InChI=1S/C6H14I2N2/c1-5(9-7)4-6(2)10(3)8/h5-6,9H,4H2,1-3H3. The zero-order valence-electron chi connectivity index (χ0n) is 6.56. The van der Waals surface area contributed by atoms with Gasteiger partial charge in [0.05, 0.1) is 0 Å². The minimum absolute atomic E-state index is 0.604. The van der Waals surface area contributed by atoms with Gasteiger partial charge in [-0.05, 0) is 27.3 Å². The van der Waals surface area contributed by atoms with Crippen LogP contribution in [0.1, 0.15) is 20.3 Å². The smallest absolute Gasteiger partial charge is 0.0201 e. The molecule has 0 aliphatic heterocycles. The van der Waals surface area contributed by atoms with Crippen LogP contribution in [-0.4, -0.2) is 22.2 Å². The molecule has 0 amide bonds. The van der Waals surface area contributed by atoms with Gasteiger partial charge in [-0.15, -0.1) is 0 Å². The average molecular weight is 368 g/mol. The summed E-state index contributed by atoms with van der Waals surface area (Å²) in [7, 11) is 2.10. The predicted molar refractivity (Wildman–Crippen MR) is 62.5 cm³/mol. The molecule has 1 N–H and O–H groups in total. The fraction of sp³-hybridized carbons (Fsp3) is 1.00. The third kappa shape index (κ3) is 5.09. The van der Waals surface area contributed by atoms with Crippen LogP contribution in [-0.2, 0) is 0 Å². The lowest BCUT2D eigenvalue weighted by Gasteiger charge is -2.20. The van der Waals surface area contributed by atoms with E-state index in [1.807, 2.05) is 0 Å². The molecular weight excluding hydrogens is 354 g/mol. The number of rotatable bonds is 4. The van der Waals surface area contributed by atoms with E-state index in [2.05, 4.69) is 73.3 Å². The van der Waals surface area contributed by atoms with Gasteiger partial charge >= 0.3 is 0 Å². The molecule has 0 heterocycles. The fourth-order valence-corrected chi connectivity index (χ4v) is 1.18. The number of halogens is 2. The third-order valence-corrected chi connectivity index (χ3v) is 3.50. The van der Waals surface area contributed by atoms with Crippen molar-refractivity contribution in [2.24, 2.45) is 0 Å². The monoisotopic (exact) mass is 368 g/mol. The molecule has 0 saturated heterocycles. The Bertz CT molecular complexity index is 87.8. The largest absolute Gasteiger partial charge is 0.258 e. The molecule has 0 aromatic carbocycles. The van der Waals surface area contributed by atoms with Crippen LogP contribution in [0.3, 0.4) is 0 Å². The maximum absolute atomic E-state index is 3.19. The molecule has 2 nitrogen and oxygen atoms in total. The highest BCUT2D eigenvalue weighted by atomic mass is 127. The minimum Gasteiger partial charge on any atom is -0.258 e. The number of nitrogens with one attached hydrogen (secondary N) is 1. The summed E-state index contributed by atoms with van der Waals surface area (Å²) in [6, 6.07) is 1.26. The Balaban J connectivity index is 3.46. The summed E-state index contributed by atoms with van der Waals surface area (Å²) in [5.41, 5.74) is 0. The highest BCUT2D eigenvalue weighted by Crippen LogP contribution is 2.09. The first-order valence-corrected chi connectivity index (χ1v) is 5.37. The van der Waals surface area contributed by atoms with Crippen molar-refractivity contribution in [2.75, 3.05) is 7.05 Å². The fourth-order valence-electron chi connectivity index (χ4n) is 0.701. The molecule has 62 valence electrons. The molecule has 0 saturated carbocycles. The first kappa shape index (κ1) is 11.4.